The quantitative estimate of drug-likeness (QED) is 0.832. The second-order valence-electron chi connectivity index (χ2n) is 5.58. The molecule has 1 aromatic rings. The molecule has 0 unspecified atom stereocenters. The highest BCUT2D eigenvalue weighted by atomic mass is 35.5. The van der Waals surface area contributed by atoms with Gasteiger partial charge in [-0.05, 0) is 43.9 Å². The maximum absolute atomic E-state index is 13.0. The Morgan fingerprint density at radius 1 is 1.00 bits per heavy atom. The van der Waals surface area contributed by atoms with Gasteiger partial charge in [-0.3, -0.25) is 0 Å². The van der Waals surface area contributed by atoms with Crippen LogP contribution in [0.3, 0.4) is 0 Å². The van der Waals surface area contributed by atoms with E-state index in [1.165, 1.54) is 6.07 Å². The summed E-state index contributed by atoms with van der Waals surface area (Å²) in [5, 5.41) is 0.646. The van der Waals surface area contributed by atoms with Crippen molar-refractivity contribution in [2.45, 2.75) is 55.5 Å². The molecule has 0 radical (unpaired) electrons. The van der Waals surface area contributed by atoms with E-state index in [4.69, 9.17) is 23.2 Å². The van der Waals surface area contributed by atoms with Gasteiger partial charge in [0.2, 0.25) is 10.0 Å². The van der Waals surface area contributed by atoms with Gasteiger partial charge in [0.05, 0.1) is 5.02 Å². The van der Waals surface area contributed by atoms with Crippen LogP contribution in [0.4, 0.5) is 0 Å². The van der Waals surface area contributed by atoms with Crippen LogP contribution in [0, 0.1) is 0 Å². The minimum atomic E-state index is -3.56. The lowest BCUT2D eigenvalue weighted by atomic mass is 10.2. The summed E-state index contributed by atoms with van der Waals surface area (Å²) >= 11 is 12.0. The van der Waals surface area contributed by atoms with Gasteiger partial charge in [-0.15, -0.1) is 0 Å². The molecule has 3 nitrogen and oxygen atoms in total. The second-order valence-corrected chi connectivity index (χ2v) is 8.23. The Morgan fingerprint density at radius 3 is 2.20 bits per heavy atom. The molecule has 3 rings (SSSR count). The van der Waals surface area contributed by atoms with Crippen molar-refractivity contribution >= 4 is 33.2 Å². The van der Waals surface area contributed by atoms with Crippen molar-refractivity contribution in [1.29, 1.82) is 0 Å². The maximum Gasteiger partial charge on any atom is 0.245 e. The van der Waals surface area contributed by atoms with Gasteiger partial charge >= 0.3 is 0 Å². The van der Waals surface area contributed by atoms with E-state index in [1.807, 2.05) is 0 Å². The van der Waals surface area contributed by atoms with E-state index < -0.39 is 10.0 Å². The Hall–Kier alpha value is -0.290. The summed E-state index contributed by atoms with van der Waals surface area (Å²) in [5.41, 5.74) is 0. The standard InChI is InChI=1S/C14H17Cl2NO2S/c15-10-5-8-13(16)14(9-10)20(18,19)17(12-6-7-12)11-3-1-2-4-11/h5,8-9,11-12H,1-4,6-7H2. The first kappa shape index (κ1) is 14.6. The SMILES string of the molecule is O=S(=O)(c1cc(Cl)ccc1Cl)N(C1CCCC1)C1CC1. The summed E-state index contributed by atoms with van der Waals surface area (Å²) in [6.07, 6.45) is 6.02. The molecule has 20 heavy (non-hydrogen) atoms. The summed E-state index contributed by atoms with van der Waals surface area (Å²) < 4.78 is 27.6. The van der Waals surface area contributed by atoms with Crippen LogP contribution in [0.25, 0.3) is 0 Å². The van der Waals surface area contributed by atoms with Gasteiger partial charge in [0.15, 0.2) is 0 Å². The lowest BCUT2D eigenvalue weighted by Gasteiger charge is -2.28. The molecular formula is C14H17Cl2NO2S. The molecule has 110 valence electrons. The zero-order chi connectivity index (χ0) is 14.3. The molecule has 2 aliphatic rings. The van der Waals surface area contributed by atoms with E-state index in [1.54, 1.807) is 16.4 Å². The van der Waals surface area contributed by atoms with Crippen LogP contribution >= 0.6 is 23.2 Å². The fourth-order valence-corrected chi connectivity index (χ4v) is 5.64. The molecule has 0 saturated heterocycles. The third-order valence-corrected chi connectivity index (χ3v) is 6.76. The van der Waals surface area contributed by atoms with E-state index >= 15 is 0 Å². The highest BCUT2D eigenvalue weighted by molar-refractivity contribution is 7.89. The first-order valence-electron chi connectivity index (χ1n) is 6.99. The predicted molar refractivity (Wildman–Crippen MR) is 80.8 cm³/mol. The van der Waals surface area contributed by atoms with Gasteiger partial charge in [-0.25, -0.2) is 8.42 Å². The van der Waals surface area contributed by atoms with Crippen molar-refractivity contribution in [2.24, 2.45) is 0 Å². The molecule has 2 saturated carbocycles. The molecule has 0 atom stereocenters. The Morgan fingerprint density at radius 2 is 1.60 bits per heavy atom. The second kappa shape index (κ2) is 5.48. The van der Waals surface area contributed by atoms with Gasteiger partial charge in [0.1, 0.15) is 4.90 Å². The Kier molecular flexibility index (Phi) is 4.01. The average molecular weight is 334 g/mol. The highest BCUT2D eigenvalue weighted by Gasteiger charge is 2.43. The molecule has 0 aromatic heterocycles. The third kappa shape index (κ3) is 2.71. The van der Waals surface area contributed by atoms with E-state index in [9.17, 15) is 8.42 Å². The van der Waals surface area contributed by atoms with Crippen LogP contribution in [0.2, 0.25) is 10.0 Å². The molecule has 6 heteroatoms. The van der Waals surface area contributed by atoms with Crippen LogP contribution in [-0.2, 0) is 10.0 Å². The fraction of sp³-hybridized carbons (Fsp3) is 0.571. The minimum Gasteiger partial charge on any atom is -0.207 e. The number of benzene rings is 1. The number of halogens is 2. The summed E-state index contributed by atoms with van der Waals surface area (Å²) in [6, 6.07) is 4.90. The van der Waals surface area contributed by atoms with Crippen molar-refractivity contribution in [1.82, 2.24) is 4.31 Å². The molecule has 0 bridgehead atoms. The van der Waals surface area contributed by atoms with E-state index in [0.29, 0.717) is 5.02 Å². The topological polar surface area (TPSA) is 37.4 Å². The summed E-state index contributed by atoms with van der Waals surface area (Å²) in [6.45, 7) is 0. The van der Waals surface area contributed by atoms with Crippen LogP contribution < -0.4 is 0 Å². The van der Waals surface area contributed by atoms with Crippen LogP contribution in [0.5, 0.6) is 0 Å². The van der Waals surface area contributed by atoms with Gasteiger partial charge in [0, 0.05) is 17.1 Å². The third-order valence-electron chi connectivity index (χ3n) is 4.04. The van der Waals surface area contributed by atoms with E-state index in [0.717, 1.165) is 38.5 Å². The minimum absolute atomic E-state index is 0.127. The molecule has 2 aliphatic carbocycles. The van der Waals surface area contributed by atoms with Crippen molar-refractivity contribution in [2.75, 3.05) is 0 Å². The normalized spacial score (nSPS) is 20.8. The summed E-state index contributed by atoms with van der Waals surface area (Å²) in [4.78, 5) is 0.144. The molecule has 0 aliphatic heterocycles. The molecule has 2 fully saturated rings. The molecule has 0 spiro atoms. The summed E-state index contributed by atoms with van der Waals surface area (Å²) in [5.74, 6) is 0. The Labute approximate surface area is 129 Å². The lowest BCUT2D eigenvalue weighted by Crippen LogP contribution is -2.40. The first-order valence-corrected chi connectivity index (χ1v) is 9.18. The highest BCUT2D eigenvalue weighted by Crippen LogP contribution is 2.40. The molecule has 0 N–H and O–H groups in total. The van der Waals surface area contributed by atoms with Crippen molar-refractivity contribution in [3.05, 3.63) is 28.2 Å². The lowest BCUT2D eigenvalue weighted by molar-refractivity contribution is 0.314. The largest absolute Gasteiger partial charge is 0.245 e. The van der Waals surface area contributed by atoms with Gasteiger partial charge in [0.25, 0.3) is 0 Å². The van der Waals surface area contributed by atoms with Crippen molar-refractivity contribution in [3.63, 3.8) is 0 Å². The monoisotopic (exact) mass is 333 g/mol. The number of hydrogen-bond donors (Lipinski definition) is 0. The van der Waals surface area contributed by atoms with E-state index in [2.05, 4.69) is 0 Å². The average Bonchev–Trinajstić information content (AvgIpc) is 3.06. The molecule has 0 heterocycles. The smallest absolute Gasteiger partial charge is 0.207 e. The Balaban J connectivity index is 2.01. The van der Waals surface area contributed by atoms with Crippen LogP contribution in [0.15, 0.2) is 23.1 Å². The van der Waals surface area contributed by atoms with Gasteiger partial charge in [-0.1, -0.05) is 36.0 Å². The van der Waals surface area contributed by atoms with Crippen molar-refractivity contribution in [3.8, 4) is 0 Å². The molecule has 0 amide bonds. The number of rotatable bonds is 4. The fourth-order valence-electron chi connectivity index (χ4n) is 2.97. The van der Waals surface area contributed by atoms with Crippen LogP contribution in [-0.4, -0.2) is 24.8 Å². The summed E-state index contributed by atoms with van der Waals surface area (Å²) in [7, 11) is -3.56. The van der Waals surface area contributed by atoms with Gasteiger partial charge < -0.3 is 0 Å². The van der Waals surface area contributed by atoms with Crippen molar-refractivity contribution < 1.29 is 8.42 Å². The zero-order valence-corrected chi connectivity index (χ0v) is 13.4. The molecule has 1 aromatic carbocycles. The number of nitrogens with zero attached hydrogens (tertiary/aromatic N) is 1. The zero-order valence-electron chi connectivity index (χ0n) is 11.1. The molecular weight excluding hydrogens is 317 g/mol. The Bertz CT molecular complexity index is 608. The predicted octanol–water partition coefficient (Wildman–Crippen LogP) is 4.09. The number of hydrogen-bond acceptors (Lipinski definition) is 2. The number of sulfonamides is 1. The van der Waals surface area contributed by atoms with Gasteiger partial charge in [-0.2, -0.15) is 4.31 Å². The van der Waals surface area contributed by atoms with Crippen LogP contribution in [0.1, 0.15) is 38.5 Å². The first-order chi connectivity index (χ1) is 9.50. The maximum atomic E-state index is 13.0. The van der Waals surface area contributed by atoms with E-state index in [-0.39, 0.29) is 22.0 Å².